The zero-order chi connectivity index (χ0) is 22.7. The molecule has 0 radical (unpaired) electrons. The number of nitrogens with one attached hydrogen (secondary N) is 2. The van der Waals surface area contributed by atoms with Crippen LogP contribution in [0.5, 0.6) is 0 Å². The SMILES string of the molecule is C(=Nc1ccccc1-c1ccccc1N=Cc1c[nH]c2ccccc12)c1c[nH]c2ccccc12. The van der Waals surface area contributed by atoms with Gasteiger partial charge in [-0.2, -0.15) is 0 Å². The number of fused-ring (bicyclic) bond motifs is 2. The van der Waals surface area contributed by atoms with Gasteiger partial charge < -0.3 is 9.97 Å². The molecule has 4 heteroatoms. The first kappa shape index (κ1) is 19.9. The molecule has 0 fully saturated rings. The highest BCUT2D eigenvalue weighted by Gasteiger charge is 2.09. The van der Waals surface area contributed by atoms with E-state index in [-0.39, 0.29) is 0 Å². The molecule has 0 aliphatic rings. The van der Waals surface area contributed by atoms with Gasteiger partial charge in [-0.1, -0.05) is 72.8 Å². The van der Waals surface area contributed by atoms with Gasteiger partial charge >= 0.3 is 0 Å². The number of rotatable bonds is 5. The molecule has 34 heavy (non-hydrogen) atoms. The van der Waals surface area contributed by atoms with Crippen LogP contribution in [-0.2, 0) is 0 Å². The van der Waals surface area contributed by atoms with Gasteiger partial charge in [0.05, 0.1) is 11.4 Å². The first-order chi connectivity index (χ1) is 16.9. The lowest BCUT2D eigenvalue weighted by molar-refractivity contribution is 1.46. The molecule has 4 nitrogen and oxygen atoms in total. The van der Waals surface area contributed by atoms with Gasteiger partial charge in [0.2, 0.25) is 0 Å². The van der Waals surface area contributed by atoms with E-state index in [2.05, 4.69) is 46.4 Å². The van der Waals surface area contributed by atoms with Gasteiger partial charge in [-0.25, -0.2) is 0 Å². The van der Waals surface area contributed by atoms with E-state index in [4.69, 9.17) is 9.98 Å². The van der Waals surface area contributed by atoms with Crippen molar-refractivity contribution in [1.29, 1.82) is 0 Å². The Balaban J connectivity index is 1.38. The van der Waals surface area contributed by atoms with Crippen molar-refractivity contribution < 1.29 is 0 Å². The number of benzene rings is 4. The van der Waals surface area contributed by atoms with E-state index in [1.807, 2.05) is 85.5 Å². The molecule has 2 heterocycles. The van der Waals surface area contributed by atoms with Gasteiger partial charge in [0, 0.05) is 68.9 Å². The van der Waals surface area contributed by atoms with Gasteiger partial charge in [-0.3, -0.25) is 9.98 Å². The van der Waals surface area contributed by atoms with Crippen LogP contribution in [0.15, 0.2) is 119 Å². The molecule has 2 N–H and O–H groups in total. The molecule has 0 amide bonds. The molecule has 2 aromatic heterocycles. The van der Waals surface area contributed by atoms with Crippen LogP contribution in [-0.4, -0.2) is 22.4 Å². The Morgan fingerprint density at radius 3 is 1.38 bits per heavy atom. The molecule has 6 aromatic rings. The molecule has 0 bridgehead atoms. The third kappa shape index (κ3) is 3.71. The normalized spacial score (nSPS) is 11.9. The number of aliphatic imine (C=N–C) groups is 2. The summed E-state index contributed by atoms with van der Waals surface area (Å²) in [5.74, 6) is 0. The maximum absolute atomic E-state index is 4.87. The number of para-hydroxylation sites is 4. The Bertz CT molecular complexity index is 1540. The molecule has 0 saturated carbocycles. The van der Waals surface area contributed by atoms with Crippen LogP contribution < -0.4 is 0 Å². The van der Waals surface area contributed by atoms with Crippen LogP contribution in [0.25, 0.3) is 32.9 Å². The fourth-order valence-electron chi connectivity index (χ4n) is 4.31. The van der Waals surface area contributed by atoms with Crippen molar-refractivity contribution in [2.45, 2.75) is 0 Å². The summed E-state index contributed by atoms with van der Waals surface area (Å²) in [5, 5.41) is 2.32. The molecule has 0 spiro atoms. The fraction of sp³-hybridized carbons (Fsp3) is 0. The molecule has 0 atom stereocenters. The molecule has 0 aliphatic heterocycles. The van der Waals surface area contributed by atoms with Crippen molar-refractivity contribution in [3.63, 3.8) is 0 Å². The first-order valence-electron chi connectivity index (χ1n) is 11.3. The second kappa shape index (κ2) is 8.68. The monoisotopic (exact) mass is 438 g/mol. The maximum Gasteiger partial charge on any atom is 0.0709 e. The number of nitrogens with zero attached hydrogens (tertiary/aromatic N) is 2. The molecule has 162 valence electrons. The second-order valence-corrected chi connectivity index (χ2v) is 8.13. The Kier molecular flexibility index (Phi) is 5.09. The number of hydrogen-bond donors (Lipinski definition) is 2. The van der Waals surface area contributed by atoms with Crippen molar-refractivity contribution in [2.24, 2.45) is 9.98 Å². The first-order valence-corrected chi connectivity index (χ1v) is 11.3. The van der Waals surface area contributed by atoms with Gasteiger partial charge in [-0.15, -0.1) is 0 Å². The van der Waals surface area contributed by atoms with Crippen LogP contribution in [0.3, 0.4) is 0 Å². The van der Waals surface area contributed by atoms with Gasteiger partial charge in [-0.05, 0) is 24.3 Å². The van der Waals surface area contributed by atoms with Crippen LogP contribution >= 0.6 is 0 Å². The smallest absolute Gasteiger partial charge is 0.0709 e. The Morgan fingerprint density at radius 1 is 0.471 bits per heavy atom. The summed E-state index contributed by atoms with van der Waals surface area (Å²) in [6, 6.07) is 32.9. The standard InChI is InChI=1S/C30H22N4/c1-5-13-27-23(9-1)21(17-31-27)19-33-29-15-7-3-11-25(29)26-12-4-8-16-30(26)34-20-22-18-32-28-14-6-2-10-24(22)28/h1-20,31-32H. The van der Waals surface area contributed by atoms with Crippen molar-refractivity contribution >= 4 is 45.6 Å². The molecular formula is C30H22N4. The van der Waals surface area contributed by atoms with Gasteiger partial charge in [0.15, 0.2) is 0 Å². The van der Waals surface area contributed by atoms with E-state index in [9.17, 15) is 0 Å². The van der Waals surface area contributed by atoms with E-state index in [0.29, 0.717) is 0 Å². The lowest BCUT2D eigenvalue weighted by Crippen LogP contribution is -1.84. The Morgan fingerprint density at radius 2 is 0.882 bits per heavy atom. The highest BCUT2D eigenvalue weighted by Crippen LogP contribution is 2.36. The molecule has 4 aromatic carbocycles. The molecular weight excluding hydrogens is 416 g/mol. The highest BCUT2D eigenvalue weighted by atomic mass is 14.8. The van der Waals surface area contributed by atoms with Crippen LogP contribution in [0.4, 0.5) is 11.4 Å². The minimum absolute atomic E-state index is 0.905. The van der Waals surface area contributed by atoms with Crippen molar-refractivity contribution in [2.75, 3.05) is 0 Å². The second-order valence-electron chi connectivity index (χ2n) is 8.13. The number of aromatic amines is 2. The lowest BCUT2D eigenvalue weighted by Gasteiger charge is -2.09. The zero-order valence-electron chi connectivity index (χ0n) is 18.4. The topological polar surface area (TPSA) is 56.3 Å². The average Bonchev–Trinajstić information content (AvgIpc) is 3.51. The summed E-state index contributed by atoms with van der Waals surface area (Å²) < 4.78 is 0. The summed E-state index contributed by atoms with van der Waals surface area (Å²) in [6.45, 7) is 0. The zero-order valence-corrected chi connectivity index (χ0v) is 18.4. The predicted molar refractivity (Wildman–Crippen MR) is 143 cm³/mol. The number of H-pyrrole nitrogens is 2. The van der Waals surface area contributed by atoms with Crippen LogP contribution in [0.1, 0.15) is 11.1 Å². The minimum Gasteiger partial charge on any atom is -0.361 e. The summed E-state index contributed by atoms with van der Waals surface area (Å²) in [7, 11) is 0. The Labute approximate surface area is 197 Å². The van der Waals surface area contributed by atoms with Crippen molar-refractivity contribution in [3.05, 3.63) is 121 Å². The summed E-state index contributed by atoms with van der Waals surface area (Å²) >= 11 is 0. The maximum atomic E-state index is 4.87. The van der Waals surface area contributed by atoms with E-state index in [0.717, 1.165) is 55.4 Å². The molecule has 0 saturated heterocycles. The van der Waals surface area contributed by atoms with E-state index in [1.54, 1.807) is 0 Å². The van der Waals surface area contributed by atoms with Crippen molar-refractivity contribution in [3.8, 4) is 11.1 Å². The van der Waals surface area contributed by atoms with Crippen molar-refractivity contribution in [1.82, 2.24) is 9.97 Å². The lowest BCUT2D eigenvalue weighted by atomic mass is 10.0. The van der Waals surface area contributed by atoms with Gasteiger partial charge in [0.25, 0.3) is 0 Å². The van der Waals surface area contributed by atoms with Crippen LogP contribution in [0.2, 0.25) is 0 Å². The number of hydrogen-bond acceptors (Lipinski definition) is 2. The molecule has 0 aliphatic carbocycles. The number of aromatic nitrogens is 2. The quantitative estimate of drug-likeness (QED) is 0.258. The van der Waals surface area contributed by atoms with Gasteiger partial charge in [0.1, 0.15) is 0 Å². The average molecular weight is 439 g/mol. The minimum atomic E-state index is 0.905. The summed E-state index contributed by atoms with van der Waals surface area (Å²) in [6.07, 6.45) is 7.84. The largest absolute Gasteiger partial charge is 0.361 e. The highest BCUT2D eigenvalue weighted by molar-refractivity contribution is 6.02. The van der Waals surface area contributed by atoms with E-state index in [1.165, 1.54) is 0 Å². The van der Waals surface area contributed by atoms with E-state index < -0.39 is 0 Å². The summed E-state index contributed by atoms with van der Waals surface area (Å²) in [4.78, 5) is 16.3. The van der Waals surface area contributed by atoms with E-state index >= 15 is 0 Å². The summed E-state index contributed by atoms with van der Waals surface area (Å²) in [5.41, 5.74) is 8.25. The third-order valence-electron chi connectivity index (χ3n) is 6.03. The predicted octanol–water partition coefficient (Wildman–Crippen LogP) is 7.82. The third-order valence-corrected chi connectivity index (χ3v) is 6.03. The fourth-order valence-corrected chi connectivity index (χ4v) is 4.31. The van der Waals surface area contributed by atoms with Crippen LogP contribution in [0, 0.1) is 0 Å². The molecule has 0 unspecified atom stereocenters. The molecule has 6 rings (SSSR count). The Hall–Kier alpha value is -4.70.